The predicted octanol–water partition coefficient (Wildman–Crippen LogP) is 1.60. The number of aliphatic carboxylic acids is 1. The van der Waals surface area contributed by atoms with E-state index in [-0.39, 0.29) is 22.8 Å². The average molecular weight is 315 g/mol. The molecule has 0 spiro atoms. The van der Waals surface area contributed by atoms with E-state index in [4.69, 9.17) is 9.84 Å². The maximum Gasteiger partial charge on any atom is 0.307 e. The van der Waals surface area contributed by atoms with Gasteiger partial charge in [0.2, 0.25) is 10.0 Å². The van der Waals surface area contributed by atoms with Crippen molar-refractivity contribution in [2.45, 2.75) is 25.2 Å². The summed E-state index contributed by atoms with van der Waals surface area (Å²) >= 11 is 0. The molecule has 1 rings (SSSR count). The number of nitrogens with zero attached hydrogens (tertiary/aromatic N) is 1. The highest BCUT2D eigenvalue weighted by Crippen LogP contribution is 2.25. The molecule has 0 radical (unpaired) electrons. The summed E-state index contributed by atoms with van der Waals surface area (Å²) in [5.74, 6) is -0.492. The van der Waals surface area contributed by atoms with Crippen molar-refractivity contribution in [3.8, 4) is 5.75 Å². The van der Waals surface area contributed by atoms with Crippen molar-refractivity contribution in [1.82, 2.24) is 4.31 Å². The number of rotatable bonds is 7. The largest absolute Gasteiger partial charge is 0.497 e. The van der Waals surface area contributed by atoms with Crippen LogP contribution in [0.1, 0.15) is 19.4 Å². The van der Waals surface area contributed by atoms with E-state index in [1.807, 2.05) is 13.8 Å². The van der Waals surface area contributed by atoms with Crippen molar-refractivity contribution in [2.24, 2.45) is 5.92 Å². The number of hydrogen-bond donors (Lipinski definition) is 1. The van der Waals surface area contributed by atoms with Gasteiger partial charge in [0.05, 0.1) is 18.4 Å². The van der Waals surface area contributed by atoms with Gasteiger partial charge in [-0.05, 0) is 29.7 Å². The Bertz CT molecular complexity index is 610. The van der Waals surface area contributed by atoms with E-state index in [0.29, 0.717) is 12.3 Å². The van der Waals surface area contributed by atoms with Crippen LogP contribution in [-0.4, -0.2) is 44.5 Å². The number of carboxylic acid groups (broad SMARTS) is 1. The standard InChI is InChI=1S/C14H21NO5S/c1-10(2)9-15(3)21(18,19)13-6-5-12(20-4)7-11(13)8-14(16)17/h5-7,10H,8-9H2,1-4H3,(H,16,17). The minimum atomic E-state index is -3.72. The zero-order valence-electron chi connectivity index (χ0n) is 12.7. The van der Waals surface area contributed by atoms with Crippen LogP contribution in [0.2, 0.25) is 0 Å². The van der Waals surface area contributed by atoms with Gasteiger partial charge in [0.25, 0.3) is 0 Å². The summed E-state index contributed by atoms with van der Waals surface area (Å²) in [6, 6.07) is 4.36. The minimum Gasteiger partial charge on any atom is -0.497 e. The first-order valence-corrected chi connectivity index (χ1v) is 7.97. The van der Waals surface area contributed by atoms with Crippen LogP contribution in [0, 0.1) is 5.92 Å². The molecule has 0 aliphatic carbocycles. The maximum atomic E-state index is 12.6. The van der Waals surface area contributed by atoms with E-state index in [1.165, 1.54) is 36.7 Å². The molecule has 1 aromatic rings. The van der Waals surface area contributed by atoms with E-state index < -0.39 is 16.0 Å². The summed E-state index contributed by atoms with van der Waals surface area (Å²) in [7, 11) is -0.787. The lowest BCUT2D eigenvalue weighted by Gasteiger charge is -2.21. The summed E-state index contributed by atoms with van der Waals surface area (Å²) in [6.07, 6.45) is -0.374. The average Bonchev–Trinajstić information content (AvgIpc) is 2.36. The molecule has 0 unspecified atom stereocenters. The fourth-order valence-corrected chi connectivity index (χ4v) is 3.55. The van der Waals surface area contributed by atoms with Crippen molar-refractivity contribution in [3.05, 3.63) is 23.8 Å². The molecule has 0 aromatic heterocycles. The number of benzene rings is 1. The van der Waals surface area contributed by atoms with E-state index in [9.17, 15) is 13.2 Å². The van der Waals surface area contributed by atoms with Crippen LogP contribution in [0.4, 0.5) is 0 Å². The minimum absolute atomic E-state index is 0.00819. The van der Waals surface area contributed by atoms with Gasteiger partial charge in [0.1, 0.15) is 5.75 Å². The molecule has 1 aromatic carbocycles. The van der Waals surface area contributed by atoms with Crippen LogP contribution in [0.5, 0.6) is 5.75 Å². The Morgan fingerprint density at radius 2 is 2.00 bits per heavy atom. The summed E-state index contributed by atoms with van der Waals surface area (Å²) in [5, 5.41) is 8.96. The maximum absolute atomic E-state index is 12.6. The predicted molar refractivity (Wildman–Crippen MR) is 79.0 cm³/mol. The van der Waals surface area contributed by atoms with Gasteiger partial charge in [-0.1, -0.05) is 13.8 Å². The SMILES string of the molecule is COc1ccc(S(=O)(=O)N(C)CC(C)C)c(CC(=O)O)c1. The van der Waals surface area contributed by atoms with Gasteiger partial charge in [-0.25, -0.2) is 12.7 Å². The van der Waals surface area contributed by atoms with Crippen molar-refractivity contribution in [3.63, 3.8) is 0 Å². The molecule has 0 aliphatic rings. The third-order valence-corrected chi connectivity index (χ3v) is 4.84. The first kappa shape index (κ1) is 17.5. The third kappa shape index (κ3) is 4.44. The zero-order valence-corrected chi connectivity index (χ0v) is 13.5. The molecular formula is C14H21NO5S. The van der Waals surface area contributed by atoms with E-state index >= 15 is 0 Å². The zero-order chi connectivity index (χ0) is 16.2. The molecule has 1 N–H and O–H groups in total. The van der Waals surface area contributed by atoms with Crippen molar-refractivity contribution < 1.29 is 23.1 Å². The van der Waals surface area contributed by atoms with E-state index in [2.05, 4.69) is 0 Å². The molecule has 0 saturated heterocycles. The number of sulfonamides is 1. The van der Waals surface area contributed by atoms with Crippen LogP contribution >= 0.6 is 0 Å². The van der Waals surface area contributed by atoms with Gasteiger partial charge in [0, 0.05) is 13.6 Å². The lowest BCUT2D eigenvalue weighted by atomic mass is 10.1. The first-order valence-electron chi connectivity index (χ1n) is 6.53. The quantitative estimate of drug-likeness (QED) is 0.826. The van der Waals surface area contributed by atoms with Crippen LogP contribution in [0.25, 0.3) is 0 Å². The van der Waals surface area contributed by atoms with Crippen LogP contribution < -0.4 is 4.74 Å². The van der Waals surface area contributed by atoms with Crippen molar-refractivity contribution in [1.29, 1.82) is 0 Å². The highest BCUT2D eigenvalue weighted by molar-refractivity contribution is 7.89. The summed E-state index contributed by atoms with van der Waals surface area (Å²) in [6.45, 7) is 4.19. The Hall–Kier alpha value is -1.60. The van der Waals surface area contributed by atoms with Crippen molar-refractivity contribution >= 4 is 16.0 Å². The fraction of sp³-hybridized carbons (Fsp3) is 0.500. The Kier molecular flexibility index (Phi) is 5.74. The number of methoxy groups -OCH3 is 1. The van der Waals surface area contributed by atoms with E-state index in [0.717, 1.165) is 0 Å². The Morgan fingerprint density at radius 1 is 1.38 bits per heavy atom. The second-order valence-electron chi connectivity index (χ2n) is 5.22. The first-order chi connectivity index (χ1) is 9.68. The van der Waals surface area contributed by atoms with Gasteiger partial charge in [-0.15, -0.1) is 0 Å². The van der Waals surface area contributed by atoms with Gasteiger partial charge >= 0.3 is 5.97 Å². The van der Waals surface area contributed by atoms with Gasteiger partial charge in [-0.3, -0.25) is 4.79 Å². The number of carboxylic acids is 1. The Labute approximate surface area is 125 Å². The summed E-state index contributed by atoms with van der Waals surface area (Å²) < 4.78 is 31.4. The Balaban J connectivity index is 3.30. The van der Waals surface area contributed by atoms with Crippen LogP contribution in [0.15, 0.2) is 23.1 Å². The lowest BCUT2D eigenvalue weighted by Crippen LogP contribution is -2.31. The van der Waals surface area contributed by atoms with Crippen LogP contribution in [0.3, 0.4) is 0 Å². The molecule has 0 aliphatic heterocycles. The Morgan fingerprint density at radius 3 is 2.48 bits per heavy atom. The highest BCUT2D eigenvalue weighted by Gasteiger charge is 2.25. The molecule has 0 saturated carbocycles. The molecule has 0 atom stereocenters. The molecule has 0 amide bonds. The molecule has 0 heterocycles. The van der Waals surface area contributed by atoms with E-state index in [1.54, 1.807) is 0 Å². The molecule has 0 fully saturated rings. The second kappa shape index (κ2) is 6.91. The summed E-state index contributed by atoms with van der Waals surface area (Å²) in [5.41, 5.74) is 0.220. The number of ether oxygens (including phenoxy) is 1. The molecular weight excluding hydrogens is 294 g/mol. The van der Waals surface area contributed by atoms with Gasteiger partial charge in [0.15, 0.2) is 0 Å². The molecule has 21 heavy (non-hydrogen) atoms. The third-order valence-electron chi connectivity index (χ3n) is 2.92. The normalized spacial score (nSPS) is 11.9. The molecule has 0 bridgehead atoms. The van der Waals surface area contributed by atoms with Crippen molar-refractivity contribution in [2.75, 3.05) is 20.7 Å². The highest BCUT2D eigenvalue weighted by atomic mass is 32.2. The second-order valence-corrected chi connectivity index (χ2v) is 7.24. The smallest absolute Gasteiger partial charge is 0.307 e. The van der Waals surface area contributed by atoms with Gasteiger partial charge < -0.3 is 9.84 Å². The fourth-order valence-electron chi connectivity index (χ4n) is 2.02. The van der Waals surface area contributed by atoms with Crippen LogP contribution in [-0.2, 0) is 21.2 Å². The number of carbonyl (C=O) groups is 1. The molecule has 118 valence electrons. The number of hydrogen-bond acceptors (Lipinski definition) is 4. The molecule has 7 heteroatoms. The van der Waals surface area contributed by atoms with Gasteiger partial charge in [-0.2, -0.15) is 0 Å². The topological polar surface area (TPSA) is 83.9 Å². The monoisotopic (exact) mass is 315 g/mol. The molecule has 6 nitrogen and oxygen atoms in total. The summed E-state index contributed by atoms with van der Waals surface area (Å²) in [4.78, 5) is 11.0. The lowest BCUT2D eigenvalue weighted by molar-refractivity contribution is -0.136.